The highest BCUT2D eigenvalue weighted by Gasteiger charge is 2.17. The van der Waals surface area contributed by atoms with Crippen LogP contribution in [0.3, 0.4) is 0 Å². The second-order valence-corrected chi connectivity index (χ2v) is 7.14. The number of hydrogen-bond acceptors (Lipinski definition) is 3. The molecule has 1 aliphatic heterocycles. The first-order valence-electron chi connectivity index (χ1n) is 8.22. The van der Waals surface area contributed by atoms with Crippen molar-refractivity contribution in [1.29, 1.82) is 0 Å². The number of nitrogens with one attached hydrogen (secondary N) is 3. The third kappa shape index (κ3) is 5.68. The van der Waals surface area contributed by atoms with Crippen LogP contribution in [0.5, 0.6) is 0 Å². The van der Waals surface area contributed by atoms with Gasteiger partial charge in [0, 0.05) is 17.6 Å². The molecule has 0 fully saturated rings. The number of carbonyl (C=O) groups excluding carboxylic acids is 3. The molecule has 24 heavy (non-hydrogen) atoms. The van der Waals surface area contributed by atoms with Crippen LogP contribution in [0.2, 0.25) is 0 Å². The molecule has 1 heterocycles. The van der Waals surface area contributed by atoms with Crippen molar-refractivity contribution in [1.82, 2.24) is 10.6 Å². The quantitative estimate of drug-likeness (QED) is 0.739. The topological polar surface area (TPSA) is 87.3 Å². The van der Waals surface area contributed by atoms with Crippen molar-refractivity contribution in [2.75, 3.05) is 11.9 Å². The molecule has 6 heteroatoms. The van der Waals surface area contributed by atoms with E-state index in [4.69, 9.17) is 0 Å². The van der Waals surface area contributed by atoms with Crippen molar-refractivity contribution in [3.05, 3.63) is 29.3 Å². The van der Waals surface area contributed by atoms with Crippen LogP contribution in [0.4, 0.5) is 5.69 Å². The Balaban J connectivity index is 1.69. The summed E-state index contributed by atoms with van der Waals surface area (Å²) in [4.78, 5) is 34.8. The third-order valence-corrected chi connectivity index (χ3v) is 3.62. The SMILES string of the molecule is CC(C)(C)NC(=O)CNC(=O)CCCc1ccc2c(c1)CC(=O)N2. The molecular formula is C18H25N3O3. The molecule has 1 aromatic rings. The smallest absolute Gasteiger partial charge is 0.239 e. The summed E-state index contributed by atoms with van der Waals surface area (Å²) in [5.41, 5.74) is 2.71. The molecule has 3 amide bonds. The minimum atomic E-state index is -0.300. The fraction of sp³-hybridized carbons (Fsp3) is 0.500. The molecule has 130 valence electrons. The van der Waals surface area contributed by atoms with Crippen LogP contribution < -0.4 is 16.0 Å². The first-order valence-corrected chi connectivity index (χ1v) is 8.22. The summed E-state index contributed by atoms with van der Waals surface area (Å²) in [7, 11) is 0. The number of rotatable bonds is 6. The molecule has 0 aromatic heterocycles. The maximum absolute atomic E-state index is 11.8. The average Bonchev–Trinajstić information content (AvgIpc) is 2.82. The Hall–Kier alpha value is -2.37. The van der Waals surface area contributed by atoms with E-state index >= 15 is 0 Å². The fourth-order valence-electron chi connectivity index (χ4n) is 2.62. The van der Waals surface area contributed by atoms with Gasteiger partial charge in [0.2, 0.25) is 17.7 Å². The molecular weight excluding hydrogens is 306 g/mol. The number of hydrogen-bond donors (Lipinski definition) is 3. The Kier molecular flexibility index (Phi) is 5.59. The number of anilines is 1. The molecule has 0 spiro atoms. The van der Waals surface area contributed by atoms with E-state index in [0.29, 0.717) is 19.3 Å². The van der Waals surface area contributed by atoms with Gasteiger partial charge in [0.25, 0.3) is 0 Å². The Morgan fingerprint density at radius 2 is 1.96 bits per heavy atom. The summed E-state index contributed by atoms with van der Waals surface area (Å²) in [6, 6.07) is 5.90. The maximum Gasteiger partial charge on any atom is 0.239 e. The van der Waals surface area contributed by atoms with Gasteiger partial charge >= 0.3 is 0 Å². The highest BCUT2D eigenvalue weighted by Crippen LogP contribution is 2.24. The van der Waals surface area contributed by atoms with E-state index in [1.165, 1.54) is 0 Å². The summed E-state index contributed by atoms with van der Waals surface area (Å²) in [6.45, 7) is 5.69. The highest BCUT2D eigenvalue weighted by molar-refractivity contribution is 5.99. The normalized spacial score (nSPS) is 13.2. The Morgan fingerprint density at radius 3 is 2.67 bits per heavy atom. The Bertz CT molecular complexity index is 647. The largest absolute Gasteiger partial charge is 0.350 e. The van der Waals surface area contributed by atoms with E-state index in [-0.39, 0.29) is 29.8 Å². The van der Waals surface area contributed by atoms with Gasteiger partial charge in [-0.05, 0) is 50.8 Å². The van der Waals surface area contributed by atoms with Crippen LogP contribution in [-0.2, 0) is 27.2 Å². The lowest BCUT2D eigenvalue weighted by Crippen LogP contribution is -2.45. The van der Waals surface area contributed by atoms with Crippen molar-refractivity contribution in [2.45, 2.75) is 52.0 Å². The number of aryl methyl sites for hydroxylation is 1. The van der Waals surface area contributed by atoms with E-state index in [2.05, 4.69) is 16.0 Å². The molecule has 0 bridgehead atoms. The van der Waals surface area contributed by atoms with Crippen LogP contribution in [0.1, 0.15) is 44.7 Å². The van der Waals surface area contributed by atoms with Gasteiger partial charge in [-0.2, -0.15) is 0 Å². The number of carbonyl (C=O) groups is 3. The number of amides is 3. The summed E-state index contributed by atoms with van der Waals surface area (Å²) in [5, 5.41) is 8.23. The van der Waals surface area contributed by atoms with E-state index in [9.17, 15) is 14.4 Å². The van der Waals surface area contributed by atoms with Gasteiger partial charge in [0.05, 0.1) is 13.0 Å². The molecule has 0 atom stereocenters. The molecule has 6 nitrogen and oxygen atoms in total. The van der Waals surface area contributed by atoms with Crippen molar-refractivity contribution < 1.29 is 14.4 Å². The summed E-state index contributed by atoms with van der Waals surface area (Å²) in [5.74, 6) is -0.293. The van der Waals surface area contributed by atoms with Crippen LogP contribution in [0.15, 0.2) is 18.2 Å². The van der Waals surface area contributed by atoms with Gasteiger partial charge < -0.3 is 16.0 Å². The van der Waals surface area contributed by atoms with Crippen LogP contribution in [0.25, 0.3) is 0 Å². The van der Waals surface area contributed by atoms with Gasteiger partial charge in [-0.1, -0.05) is 12.1 Å². The Labute approximate surface area is 142 Å². The average molecular weight is 331 g/mol. The first-order chi connectivity index (χ1) is 11.2. The molecule has 0 unspecified atom stereocenters. The fourth-order valence-corrected chi connectivity index (χ4v) is 2.62. The molecule has 2 rings (SSSR count). The molecule has 0 aliphatic carbocycles. The molecule has 1 aliphatic rings. The van der Waals surface area contributed by atoms with Crippen LogP contribution >= 0.6 is 0 Å². The van der Waals surface area contributed by atoms with Crippen molar-refractivity contribution in [3.8, 4) is 0 Å². The predicted molar refractivity (Wildman–Crippen MR) is 92.6 cm³/mol. The molecule has 0 radical (unpaired) electrons. The summed E-state index contributed by atoms with van der Waals surface area (Å²) >= 11 is 0. The summed E-state index contributed by atoms with van der Waals surface area (Å²) < 4.78 is 0. The Morgan fingerprint density at radius 1 is 1.21 bits per heavy atom. The van der Waals surface area contributed by atoms with E-state index in [0.717, 1.165) is 23.2 Å². The zero-order chi connectivity index (χ0) is 17.7. The maximum atomic E-state index is 11.8. The lowest BCUT2D eigenvalue weighted by Gasteiger charge is -2.20. The molecule has 0 saturated heterocycles. The second kappa shape index (κ2) is 7.47. The van der Waals surface area contributed by atoms with Gasteiger partial charge in [0.1, 0.15) is 0 Å². The van der Waals surface area contributed by atoms with Crippen LogP contribution in [0, 0.1) is 0 Å². The zero-order valence-electron chi connectivity index (χ0n) is 14.5. The van der Waals surface area contributed by atoms with Gasteiger partial charge in [0.15, 0.2) is 0 Å². The minimum absolute atomic E-state index is 0.00271. The standard InChI is InChI=1S/C18H25N3O3/c1-18(2,3)21-17(24)11-19-15(22)6-4-5-12-7-8-14-13(9-12)10-16(23)20-14/h7-9H,4-6,10-11H2,1-3H3,(H,19,22)(H,20,23)(H,21,24). The van der Waals surface area contributed by atoms with E-state index in [1.807, 2.05) is 39.0 Å². The third-order valence-electron chi connectivity index (χ3n) is 3.62. The zero-order valence-corrected chi connectivity index (χ0v) is 14.5. The van der Waals surface area contributed by atoms with Crippen molar-refractivity contribution in [3.63, 3.8) is 0 Å². The lowest BCUT2D eigenvalue weighted by atomic mass is 10.0. The number of benzene rings is 1. The van der Waals surface area contributed by atoms with Gasteiger partial charge in [-0.25, -0.2) is 0 Å². The van der Waals surface area contributed by atoms with Gasteiger partial charge in [-0.15, -0.1) is 0 Å². The van der Waals surface area contributed by atoms with Crippen molar-refractivity contribution in [2.24, 2.45) is 0 Å². The first kappa shape index (κ1) is 18.0. The number of fused-ring (bicyclic) bond motifs is 1. The minimum Gasteiger partial charge on any atom is -0.350 e. The monoisotopic (exact) mass is 331 g/mol. The van der Waals surface area contributed by atoms with E-state index < -0.39 is 0 Å². The van der Waals surface area contributed by atoms with E-state index in [1.54, 1.807) is 0 Å². The summed E-state index contributed by atoms with van der Waals surface area (Å²) in [6.07, 6.45) is 2.26. The predicted octanol–water partition coefficient (Wildman–Crippen LogP) is 1.53. The molecule has 1 aromatic carbocycles. The molecule has 3 N–H and O–H groups in total. The lowest BCUT2D eigenvalue weighted by molar-refractivity contribution is -0.126. The van der Waals surface area contributed by atoms with Crippen LogP contribution in [-0.4, -0.2) is 29.8 Å². The van der Waals surface area contributed by atoms with Crippen molar-refractivity contribution >= 4 is 23.4 Å². The highest BCUT2D eigenvalue weighted by atomic mass is 16.2. The second-order valence-electron chi connectivity index (χ2n) is 7.14. The van der Waals surface area contributed by atoms with Gasteiger partial charge in [-0.3, -0.25) is 14.4 Å². The molecule has 0 saturated carbocycles.